The van der Waals surface area contributed by atoms with Crippen LogP contribution in [-0.4, -0.2) is 27.2 Å². The number of rotatable bonds is 7. The van der Waals surface area contributed by atoms with E-state index in [1.54, 1.807) is 48.5 Å². The zero-order chi connectivity index (χ0) is 17.6. The normalized spacial score (nSPS) is 10.9. The van der Waals surface area contributed by atoms with Gasteiger partial charge in [0.1, 0.15) is 5.75 Å². The van der Waals surface area contributed by atoms with Crippen LogP contribution in [0.2, 0.25) is 5.02 Å². The number of ether oxygens (including phenoxy) is 1. The summed E-state index contributed by atoms with van der Waals surface area (Å²) in [4.78, 5) is 11.9. The zero-order valence-corrected chi connectivity index (χ0v) is 14.5. The summed E-state index contributed by atoms with van der Waals surface area (Å²) in [6, 6.07) is 13.3. The Hall–Kier alpha value is -2.25. The van der Waals surface area contributed by atoms with Crippen molar-refractivity contribution >= 4 is 38.9 Å². The van der Waals surface area contributed by atoms with Crippen LogP contribution in [0.3, 0.4) is 0 Å². The average Bonchev–Trinajstić information content (AvgIpc) is 2.48. The lowest BCUT2D eigenvalue weighted by Crippen LogP contribution is -2.15. The molecule has 8 heteroatoms. The maximum Gasteiger partial charge on any atom is 0.229 e. The van der Waals surface area contributed by atoms with Crippen molar-refractivity contribution in [3.05, 3.63) is 53.6 Å². The zero-order valence-electron chi connectivity index (χ0n) is 13.0. The van der Waals surface area contributed by atoms with E-state index < -0.39 is 10.0 Å². The van der Waals surface area contributed by atoms with Gasteiger partial charge in [-0.25, -0.2) is 8.42 Å². The third-order valence-electron chi connectivity index (χ3n) is 2.86. The molecule has 128 valence electrons. The van der Waals surface area contributed by atoms with E-state index in [9.17, 15) is 13.2 Å². The van der Waals surface area contributed by atoms with E-state index in [0.29, 0.717) is 22.1 Å². The van der Waals surface area contributed by atoms with Gasteiger partial charge in [0.05, 0.1) is 25.0 Å². The van der Waals surface area contributed by atoms with Gasteiger partial charge in [-0.2, -0.15) is 0 Å². The Labute approximate surface area is 145 Å². The first-order valence-electron chi connectivity index (χ1n) is 7.08. The summed E-state index contributed by atoms with van der Waals surface area (Å²) in [6.45, 7) is 0.217. The summed E-state index contributed by atoms with van der Waals surface area (Å²) in [5, 5.41) is 3.30. The lowest BCUT2D eigenvalue weighted by molar-refractivity contribution is -0.116. The van der Waals surface area contributed by atoms with E-state index >= 15 is 0 Å². The van der Waals surface area contributed by atoms with Crippen LogP contribution in [-0.2, 0) is 14.8 Å². The number of benzene rings is 2. The molecule has 0 unspecified atom stereocenters. The number of sulfonamides is 1. The second kappa shape index (κ2) is 8.03. The van der Waals surface area contributed by atoms with Crippen molar-refractivity contribution in [2.24, 2.45) is 0 Å². The van der Waals surface area contributed by atoms with Crippen LogP contribution in [0.4, 0.5) is 11.4 Å². The van der Waals surface area contributed by atoms with E-state index in [-0.39, 0.29) is 18.9 Å². The Balaban J connectivity index is 1.83. The molecule has 2 rings (SSSR count). The first kappa shape index (κ1) is 18.1. The molecular formula is C16H17ClN2O4S. The monoisotopic (exact) mass is 368 g/mol. The highest BCUT2D eigenvalue weighted by Gasteiger charge is 2.06. The Morgan fingerprint density at radius 2 is 1.79 bits per heavy atom. The quantitative estimate of drug-likeness (QED) is 0.786. The fourth-order valence-electron chi connectivity index (χ4n) is 1.89. The highest BCUT2D eigenvalue weighted by molar-refractivity contribution is 7.92. The predicted octanol–water partition coefficient (Wildman–Crippen LogP) is 3.12. The van der Waals surface area contributed by atoms with E-state index in [1.165, 1.54) is 0 Å². The molecule has 6 nitrogen and oxygen atoms in total. The van der Waals surface area contributed by atoms with Crippen LogP contribution >= 0.6 is 11.6 Å². The topological polar surface area (TPSA) is 84.5 Å². The predicted molar refractivity (Wildman–Crippen MR) is 95.1 cm³/mol. The van der Waals surface area contributed by atoms with Gasteiger partial charge in [0.15, 0.2) is 0 Å². The molecule has 0 aliphatic rings. The Bertz CT molecular complexity index is 807. The largest absolute Gasteiger partial charge is 0.493 e. The molecule has 0 aliphatic heterocycles. The number of carbonyl (C=O) groups excluding carboxylic acids is 1. The Morgan fingerprint density at radius 1 is 1.12 bits per heavy atom. The number of hydrogen-bond donors (Lipinski definition) is 2. The van der Waals surface area contributed by atoms with Gasteiger partial charge in [0.2, 0.25) is 15.9 Å². The van der Waals surface area contributed by atoms with Crippen LogP contribution in [0.5, 0.6) is 5.75 Å². The third kappa shape index (κ3) is 6.47. The van der Waals surface area contributed by atoms with E-state index in [2.05, 4.69) is 10.0 Å². The van der Waals surface area contributed by atoms with Gasteiger partial charge in [0, 0.05) is 10.7 Å². The molecule has 2 N–H and O–H groups in total. The van der Waals surface area contributed by atoms with E-state index in [0.717, 1.165) is 6.26 Å². The fraction of sp³-hybridized carbons (Fsp3) is 0.188. The van der Waals surface area contributed by atoms with Crippen molar-refractivity contribution in [2.45, 2.75) is 6.42 Å². The molecule has 0 spiro atoms. The second-order valence-corrected chi connectivity index (χ2v) is 7.24. The number of nitrogens with one attached hydrogen (secondary N) is 2. The van der Waals surface area contributed by atoms with E-state index in [4.69, 9.17) is 16.3 Å². The van der Waals surface area contributed by atoms with Gasteiger partial charge in [-0.3, -0.25) is 9.52 Å². The van der Waals surface area contributed by atoms with Crippen LogP contribution < -0.4 is 14.8 Å². The molecule has 2 aromatic carbocycles. The van der Waals surface area contributed by atoms with Crippen LogP contribution in [0, 0.1) is 0 Å². The van der Waals surface area contributed by atoms with Crippen molar-refractivity contribution in [2.75, 3.05) is 22.9 Å². The van der Waals surface area contributed by atoms with Crippen molar-refractivity contribution in [1.82, 2.24) is 0 Å². The molecular weight excluding hydrogens is 352 g/mol. The third-order valence-corrected chi connectivity index (χ3v) is 3.72. The minimum absolute atomic E-state index is 0.159. The molecule has 0 saturated heterocycles. The first-order chi connectivity index (χ1) is 11.3. The molecule has 0 aromatic heterocycles. The number of hydrogen-bond acceptors (Lipinski definition) is 4. The molecule has 2 aromatic rings. The van der Waals surface area contributed by atoms with Gasteiger partial charge >= 0.3 is 0 Å². The van der Waals surface area contributed by atoms with Gasteiger partial charge in [-0.15, -0.1) is 0 Å². The number of carbonyl (C=O) groups is 1. The Kier molecular flexibility index (Phi) is 6.05. The molecule has 0 radical (unpaired) electrons. The lowest BCUT2D eigenvalue weighted by atomic mass is 10.2. The summed E-state index contributed by atoms with van der Waals surface area (Å²) in [7, 11) is -3.36. The minimum Gasteiger partial charge on any atom is -0.493 e. The highest BCUT2D eigenvalue weighted by atomic mass is 35.5. The lowest BCUT2D eigenvalue weighted by Gasteiger charge is -2.09. The van der Waals surface area contributed by atoms with E-state index in [1.807, 2.05) is 0 Å². The average molecular weight is 369 g/mol. The number of amides is 1. The van der Waals surface area contributed by atoms with Crippen molar-refractivity contribution in [3.8, 4) is 5.75 Å². The summed E-state index contributed by atoms with van der Waals surface area (Å²) < 4.78 is 30.2. The van der Waals surface area contributed by atoms with Crippen LogP contribution in [0.1, 0.15) is 6.42 Å². The van der Waals surface area contributed by atoms with Crippen molar-refractivity contribution in [3.63, 3.8) is 0 Å². The molecule has 0 saturated carbocycles. The highest BCUT2D eigenvalue weighted by Crippen LogP contribution is 2.17. The van der Waals surface area contributed by atoms with Gasteiger partial charge in [-0.1, -0.05) is 17.7 Å². The summed E-state index contributed by atoms with van der Waals surface area (Å²) >= 11 is 5.78. The SMILES string of the molecule is CS(=O)(=O)Nc1cccc(NC(=O)CCOc2ccc(Cl)cc2)c1. The Morgan fingerprint density at radius 3 is 2.46 bits per heavy atom. The standard InChI is InChI=1S/C16H17ClN2O4S/c1-24(21,22)19-14-4-2-3-13(11-14)18-16(20)9-10-23-15-7-5-12(17)6-8-15/h2-8,11,19H,9-10H2,1H3,(H,18,20). The summed E-state index contributed by atoms with van der Waals surface area (Å²) in [6.07, 6.45) is 1.22. The fourth-order valence-corrected chi connectivity index (χ4v) is 2.57. The van der Waals surface area contributed by atoms with Gasteiger partial charge in [-0.05, 0) is 42.5 Å². The van der Waals surface area contributed by atoms with Crippen molar-refractivity contribution in [1.29, 1.82) is 0 Å². The smallest absolute Gasteiger partial charge is 0.229 e. The molecule has 0 aliphatic carbocycles. The molecule has 1 amide bonds. The van der Waals surface area contributed by atoms with Gasteiger partial charge in [0.25, 0.3) is 0 Å². The maximum absolute atomic E-state index is 11.9. The first-order valence-corrected chi connectivity index (χ1v) is 9.35. The second-order valence-electron chi connectivity index (χ2n) is 5.06. The molecule has 24 heavy (non-hydrogen) atoms. The number of halogens is 1. The molecule has 0 bridgehead atoms. The summed E-state index contributed by atoms with van der Waals surface area (Å²) in [5.74, 6) is 0.395. The van der Waals surface area contributed by atoms with Crippen LogP contribution in [0.25, 0.3) is 0 Å². The molecule has 0 heterocycles. The molecule has 0 fully saturated rings. The molecule has 0 atom stereocenters. The summed E-state index contributed by atoms with van der Waals surface area (Å²) in [5.41, 5.74) is 0.882. The van der Waals surface area contributed by atoms with Crippen LogP contribution in [0.15, 0.2) is 48.5 Å². The number of anilines is 2. The minimum atomic E-state index is -3.36. The maximum atomic E-state index is 11.9. The van der Waals surface area contributed by atoms with Crippen molar-refractivity contribution < 1.29 is 17.9 Å². The van der Waals surface area contributed by atoms with Gasteiger partial charge < -0.3 is 10.1 Å².